The molecule has 12 heterocycles. The van der Waals surface area contributed by atoms with E-state index in [-0.39, 0.29) is 215 Å². The van der Waals surface area contributed by atoms with Crippen molar-refractivity contribution in [3.8, 4) is 5.88 Å². The molecule has 4 fully saturated rings. The van der Waals surface area contributed by atoms with Gasteiger partial charge in [0.1, 0.15) is 91.9 Å². The fraction of sp³-hybridized carbons (Fsp3) is 0.536. The minimum atomic E-state index is -6.81. The minimum Gasteiger partial charge on any atom is -0.856 e. The van der Waals surface area contributed by atoms with Crippen molar-refractivity contribution >= 4 is 113 Å². The van der Waals surface area contributed by atoms with Crippen molar-refractivity contribution in [1.29, 1.82) is 0 Å². The van der Waals surface area contributed by atoms with Crippen LogP contribution in [0.3, 0.4) is 0 Å². The fourth-order valence-corrected chi connectivity index (χ4v) is 18.6. The van der Waals surface area contributed by atoms with Gasteiger partial charge in [-0.2, -0.15) is 9.97 Å². The van der Waals surface area contributed by atoms with Gasteiger partial charge in [0.15, 0.2) is 64.3 Å². The standard InChI is InChI=1S/C56H74N21O34P5.5Na/c1-56(2,3)40(22-10-8-9-11-23(22)77(84)85)99-21-98-37-33(79)25(105-50(37)76-20-72(5)31-45(76)68-55(59)71-48(31)83)13-102-114(90,91)110-116(94,95)111-115(92,93)103-15-27-36(38(96-6)51(106-27)73-17-63-28-41(60-4)61-16-62-42(28)73)109-113(88,89)101-14-26-35(39(97-7)52(107-26)75-19-65-30-44(75)67-54(58)70-47(30)82)108-112(86,87)100-12-24-32(78)34(80)49(104-24)74-18-64-29-43(74)66-53(57)69-46(29)81;;;;;/h8-11,16-20,24-27,32-40,49-52,78-80H,12-15,21H2,1-7H3,(H14-,57,58,59,60,61,62,66,67,68,69,70,71,81,82,83,86,87,88,89,90,91,92,93,94,95);;;;;/q;5*+1/p-5/t24-,25-,26-,27-,32?,33+,34+,35?,36?,37?,38+,39+,40?,49-,50-,51-,52-;;;;;/m1...../s1. The number of ether oxygens (including phenoxy) is 8. The molecule has 22 atom stereocenters. The molecule has 0 bridgehead atoms. The summed E-state index contributed by atoms with van der Waals surface area (Å²) in [5, 5.41) is 61.8. The number of methoxy groups -OCH3 is 2. The third kappa shape index (κ3) is 22.6. The summed E-state index contributed by atoms with van der Waals surface area (Å²) in [4.78, 5) is 147. The van der Waals surface area contributed by atoms with E-state index >= 15 is 0 Å². The molecule has 4 saturated heterocycles. The van der Waals surface area contributed by atoms with Crippen LogP contribution in [0.25, 0.3) is 44.7 Å². The first-order chi connectivity index (χ1) is 54.6. The Morgan fingerprint density at radius 3 is 1.59 bits per heavy atom. The van der Waals surface area contributed by atoms with Gasteiger partial charge in [-0.3, -0.25) is 70.8 Å². The Bertz CT molecular complexity index is 5590. The average molecular weight is 1850 g/mol. The zero-order valence-electron chi connectivity index (χ0n) is 65.7. The molecule has 1 aromatic carbocycles. The SMILES string of the molecule is CNc1ncnc2c1ncn2[C@@H]1O[C@H](COP(=O)([O-])OP(=O)([O-])OP(=O)([O-])OC[C@H]2O[C@@H]([n+]3cn(C)c4c([O-])nc(N)nc43)C(OCOC(c3ccccc3[N+](=O)[O-])C(C)(C)C)[C@H]2O)C(OP(=O)([O-])OC[C@H]2O[C@@H](n3cnc4c(=O)[nH]c(N)nc43)[C@@H](OC)C2OP(=O)([O-])OC[C@H]2O[C@@H](n3cnc4c(=O)[nH]c(N)nc43)[C@@H](O)C2O)[C@@H]1OC.[Na+].[Na+].[Na+].[Na+].[Na+]. The van der Waals surface area contributed by atoms with E-state index in [1.54, 1.807) is 20.8 Å². The summed E-state index contributed by atoms with van der Waals surface area (Å²) < 4.78 is 161. The molecule has 0 radical (unpaired) electrons. The first-order valence-corrected chi connectivity index (χ1v) is 41.0. The Hall–Kier alpha value is -3.39. The van der Waals surface area contributed by atoms with Gasteiger partial charge in [0.2, 0.25) is 18.1 Å². The number of nitro benzene ring substituents is 1. The molecule has 0 saturated carbocycles. The molecule has 13 rings (SSSR count). The largest absolute Gasteiger partial charge is 1.00 e. The third-order valence-corrected chi connectivity index (χ3v) is 24.4. The van der Waals surface area contributed by atoms with Crippen LogP contribution in [-0.4, -0.2) is 221 Å². The summed E-state index contributed by atoms with van der Waals surface area (Å²) in [6, 6.07) is 5.66. The number of phosphoric ester groups is 4. The molecule has 10 unspecified atom stereocenters. The Morgan fingerprint density at radius 2 is 1.08 bits per heavy atom. The average Bonchev–Trinajstić information content (AvgIpc) is 1.63. The van der Waals surface area contributed by atoms with Gasteiger partial charge in [-0.05, 0) is 11.5 Å². The van der Waals surface area contributed by atoms with Crippen LogP contribution in [0.1, 0.15) is 57.4 Å². The van der Waals surface area contributed by atoms with E-state index in [9.17, 15) is 87.4 Å². The number of nitrogens with one attached hydrogen (secondary N) is 3. The van der Waals surface area contributed by atoms with Gasteiger partial charge in [0, 0.05) is 33.2 Å². The number of hydrogen-bond donors (Lipinski definition) is 9. The van der Waals surface area contributed by atoms with Crippen LogP contribution in [0, 0.1) is 15.5 Å². The number of phosphoric acid groups is 5. The van der Waals surface area contributed by atoms with Crippen molar-refractivity contribution in [3.63, 3.8) is 0 Å². The molecule has 55 nitrogen and oxygen atoms in total. The number of nitrogen functional groups attached to an aromatic ring is 3. The number of hydrogen-bond acceptors (Lipinski definition) is 47. The normalized spacial score (nSPS) is 27.0. The summed E-state index contributed by atoms with van der Waals surface area (Å²) in [7, 11) is -26.9. The van der Waals surface area contributed by atoms with Crippen LogP contribution in [0.2, 0.25) is 0 Å². The summed E-state index contributed by atoms with van der Waals surface area (Å²) in [6.07, 6.45) is -25.3. The zero-order chi connectivity index (χ0) is 83.8. The van der Waals surface area contributed by atoms with Crippen molar-refractivity contribution in [2.45, 2.75) is 125 Å². The van der Waals surface area contributed by atoms with E-state index in [0.29, 0.717) is 0 Å². The van der Waals surface area contributed by atoms with Crippen LogP contribution in [-0.2, 0) is 104 Å². The van der Waals surface area contributed by atoms with Crippen LogP contribution in [0.5, 0.6) is 5.88 Å². The van der Waals surface area contributed by atoms with E-state index in [0.717, 1.165) is 57.8 Å². The van der Waals surface area contributed by atoms with E-state index in [1.807, 2.05) is 0 Å². The Kier molecular flexibility index (Phi) is 35.0. The maximum atomic E-state index is 14.4. The maximum absolute atomic E-state index is 14.4. The molecule has 9 aromatic rings. The maximum Gasteiger partial charge on any atom is 1.00 e. The van der Waals surface area contributed by atoms with Gasteiger partial charge in [0.05, 0.1) is 69.0 Å². The second kappa shape index (κ2) is 41.2. The molecule has 632 valence electrons. The number of nitro groups is 1. The number of imidazole rings is 4. The summed E-state index contributed by atoms with van der Waals surface area (Å²) in [5.74, 6) is -2.06. The van der Waals surface area contributed by atoms with Gasteiger partial charge < -0.3 is 132 Å². The molecule has 8 aromatic heterocycles. The molecule has 0 aliphatic carbocycles. The zero-order valence-corrected chi connectivity index (χ0v) is 80.2. The van der Waals surface area contributed by atoms with Gasteiger partial charge in [0.25, 0.3) is 61.9 Å². The number of nitrogens with zero attached hydrogens (tertiary/aromatic N) is 15. The fourth-order valence-electron chi connectivity index (χ4n) is 13.3. The van der Waals surface area contributed by atoms with E-state index < -0.39 is 216 Å². The van der Waals surface area contributed by atoms with Crippen molar-refractivity contribution in [1.82, 2.24) is 73.1 Å². The van der Waals surface area contributed by atoms with E-state index in [1.165, 1.54) is 49.3 Å². The monoisotopic (exact) mass is 1850 g/mol. The molecule has 121 heavy (non-hydrogen) atoms. The topological polar surface area (TPSA) is 771 Å². The number of aliphatic hydroxyl groups excluding tert-OH is 3. The number of aromatic amines is 2. The van der Waals surface area contributed by atoms with Crippen molar-refractivity contribution < 1.29 is 299 Å². The molecule has 4 aliphatic heterocycles. The molecule has 4 aliphatic rings. The Balaban J connectivity index is 0.00000364. The number of aliphatic hydroxyl groups is 3. The van der Waals surface area contributed by atoms with Gasteiger partial charge in [-0.15, -0.1) is 0 Å². The number of fused-ring (bicyclic) bond motifs is 4. The number of nitrogens with two attached hydrogens (primary N) is 3. The molecule has 65 heteroatoms. The molecular formula is C56H69N21Na5O34P5. The molecule has 0 amide bonds. The van der Waals surface area contributed by atoms with Crippen LogP contribution < -0.4 is 216 Å². The Morgan fingerprint density at radius 1 is 0.612 bits per heavy atom. The number of para-hydroxylation sites is 1. The van der Waals surface area contributed by atoms with Gasteiger partial charge in [-0.25, -0.2) is 43.1 Å². The number of rotatable bonds is 33. The minimum absolute atomic E-state index is 0. The molecule has 0 spiro atoms. The van der Waals surface area contributed by atoms with Crippen molar-refractivity contribution in [3.05, 3.63) is 92.3 Å². The predicted molar refractivity (Wildman–Crippen MR) is 368 cm³/mol. The predicted octanol–water partition coefficient (Wildman–Crippen LogP) is -19.8. The smallest absolute Gasteiger partial charge is 0.856 e. The molecular weight excluding hydrogens is 1780 g/mol. The number of anilines is 4. The number of aromatic nitrogens is 16. The first kappa shape index (κ1) is 103. The van der Waals surface area contributed by atoms with Crippen LogP contribution in [0.15, 0.2) is 65.5 Å². The third-order valence-electron chi connectivity index (χ3n) is 18.3. The van der Waals surface area contributed by atoms with Crippen LogP contribution >= 0.6 is 39.1 Å². The second-order valence-electron chi connectivity index (χ2n) is 26.9. The van der Waals surface area contributed by atoms with E-state index in [4.69, 9.17) is 82.2 Å². The number of aryl methyl sites for hydroxylation is 1. The number of H-pyrrole nitrogens is 2. The van der Waals surface area contributed by atoms with E-state index in [2.05, 4.69) is 68.8 Å². The summed E-state index contributed by atoms with van der Waals surface area (Å²) >= 11 is 0. The molecule has 12 N–H and O–H groups in total. The second-order valence-corrected chi connectivity index (χ2v) is 34.1. The quantitative estimate of drug-likeness (QED) is 0.00460. The first-order valence-electron chi connectivity index (χ1n) is 33.7. The Labute approximate surface area is 789 Å². The number of benzene rings is 1. The van der Waals surface area contributed by atoms with Crippen LogP contribution in [0.4, 0.5) is 29.4 Å². The van der Waals surface area contributed by atoms with Crippen molar-refractivity contribution in [2.75, 3.05) is 77.0 Å². The van der Waals surface area contributed by atoms with Crippen molar-refractivity contribution in [2.24, 2.45) is 12.5 Å². The summed E-state index contributed by atoms with van der Waals surface area (Å²) in [5.41, 5.74) is 13.2. The van der Waals surface area contributed by atoms with Gasteiger partial charge >= 0.3 is 153 Å². The van der Waals surface area contributed by atoms with Gasteiger partial charge in [-0.1, -0.05) is 37.9 Å². The summed E-state index contributed by atoms with van der Waals surface area (Å²) in [6.45, 7) is -1.04.